The molecule has 0 aliphatic carbocycles. The first-order valence-corrected chi connectivity index (χ1v) is 26.2. The molecule has 2 aliphatic heterocycles. The zero-order valence-electron chi connectivity index (χ0n) is 40.9. The Morgan fingerprint density at radius 1 is 0.530 bits per heavy atom. The fraction of sp³-hybridized carbons (Fsp3) is 0.865. The highest BCUT2D eigenvalue weighted by Gasteiger charge is 2.51. The van der Waals surface area contributed by atoms with Gasteiger partial charge in [-0.1, -0.05) is 179 Å². The molecule has 2 heterocycles. The van der Waals surface area contributed by atoms with Crippen LogP contribution in [0.15, 0.2) is 36.5 Å². The number of amides is 1. The molecule has 66 heavy (non-hydrogen) atoms. The molecule has 0 aromatic heterocycles. The number of rotatable bonds is 40. The highest BCUT2D eigenvalue weighted by Crippen LogP contribution is 2.30. The fourth-order valence-corrected chi connectivity index (χ4v) is 8.50. The Morgan fingerprint density at radius 2 is 0.970 bits per heavy atom. The highest BCUT2D eigenvalue weighted by molar-refractivity contribution is 5.76. The lowest BCUT2D eigenvalue weighted by atomic mass is 9.97. The molecule has 2 rings (SSSR count). The van der Waals surface area contributed by atoms with Crippen molar-refractivity contribution >= 4 is 5.91 Å². The topological polar surface area (TPSA) is 228 Å². The lowest BCUT2D eigenvalue weighted by Gasteiger charge is -2.46. The molecule has 0 aromatic rings. The summed E-state index contributed by atoms with van der Waals surface area (Å²) in [5.74, 6) is -0.279. The van der Waals surface area contributed by atoms with Crippen LogP contribution in [0.25, 0.3) is 0 Å². The molecule has 12 unspecified atom stereocenters. The van der Waals surface area contributed by atoms with Gasteiger partial charge in [0.1, 0.15) is 48.8 Å². The highest BCUT2D eigenvalue weighted by atomic mass is 16.7. The largest absolute Gasteiger partial charge is 0.394 e. The number of unbranched alkanes of at least 4 members (excludes halogenated alkanes) is 23. The van der Waals surface area contributed by atoms with Crippen molar-refractivity contribution in [3.8, 4) is 0 Å². The zero-order valence-corrected chi connectivity index (χ0v) is 40.9. The van der Waals surface area contributed by atoms with Gasteiger partial charge >= 0.3 is 0 Å². The number of aliphatic hydroxyl groups is 8. The van der Waals surface area contributed by atoms with Crippen molar-refractivity contribution in [2.45, 2.75) is 267 Å². The molecule has 0 aromatic carbocycles. The molecule has 386 valence electrons. The molecule has 14 nitrogen and oxygen atoms in total. The van der Waals surface area contributed by atoms with Crippen LogP contribution in [-0.4, -0.2) is 140 Å². The molecule has 0 radical (unpaired) electrons. The lowest BCUT2D eigenvalue weighted by Crippen LogP contribution is -2.65. The minimum Gasteiger partial charge on any atom is -0.394 e. The van der Waals surface area contributed by atoms with Gasteiger partial charge in [-0.25, -0.2) is 0 Å². The van der Waals surface area contributed by atoms with Crippen LogP contribution in [0.4, 0.5) is 0 Å². The first-order valence-electron chi connectivity index (χ1n) is 26.2. The van der Waals surface area contributed by atoms with E-state index < -0.39 is 86.8 Å². The summed E-state index contributed by atoms with van der Waals surface area (Å²) in [6.45, 7) is 2.57. The van der Waals surface area contributed by atoms with Crippen LogP contribution in [0.3, 0.4) is 0 Å². The van der Waals surface area contributed by atoms with Crippen LogP contribution in [0.2, 0.25) is 0 Å². The molecule has 2 aliphatic rings. The van der Waals surface area contributed by atoms with Gasteiger partial charge in [0, 0.05) is 6.42 Å². The van der Waals surface area contributed by atoms with E-state index in [1.807, 2.05) is 13.0 Å². The van der Waals surface area contributed by atoms with Crippen molar-refractivity contribution in [2.24, 2.45) is 0 Å². The summed E-state index contributed by atoms with van der Waals surface area (Å²) in [5.41, 5.74) is 0. The van der Waals surface area contributed by atoms with Crippen LogP contribution in [0.5, 0.6) is 0 Å². The van der Waals surface area contributed by atoms with Gasteiger partial charge in [-0.05, 0) is 44.9 Å². The maximum Gasteiger partial charge on any atom is 0.220 e. The Balaban J connectivity index is 1.64. The third-order valence-electron chi connectivity index (χ3n) is 12.8. The predicted octanol–water partition coefficient (Wildman–Crippen LogP) is 7.10. The summed E-state index contributed by atoms with van der Waals surface area (Å²) in [5, 5.41) is 86.0. The molecule has 9 N–H and O–H groups in total. The Hall–Kier alpha value is -1.79. The monoisotopic (exact) mass is 942 g/mol. The molecular formula is C52H95NO13. The van der Waals surface area contributed by atoms with Crippen molar-refractivity contribution in [3.63, 3.8) is 0 Å². The number of ether oxygens (including phenoxy) is 4. The summed E-state index contributed by atoms with van der Waals surface area (Å²) in [7, 11) is 0. The predicted molar refractivity (Wildman–Crippen MR) is 258 cm³/mol. The van der Waals surface area contributed by atoms with Gasteiger partial charge in [-0.15, -0.1) is 0 Å². The van der Waals surface area contributed by atoms with E-state index in [-0.39, 0.29) is 18.9 Å². The van der Waals surface area contributed by atoms with Gasteiger partial charge in [0.05, 0.1) is 32.0 Å². The number of hydrogen-bond donors (Lipinski definition) is 9. The standard InChI is InChI=1S/C52H95NO13/c1-3-5-7-8-9-10-11-12-13-14-15-16-17-18-19-20-21-22-23-24-25-26-27-28-29-30-31-32-34-35-41(56)40(53-44(57)36-33-6-4-2)39-63-51-49(62)47(60)50(43(38-55)65-51)66-52-48(61)46(59)45(58)42(37-54)64-52/h25-26,29-30,34-35,40-43,45-52,54-56,58-62H,3-24,27-28,31-33,36-39H2,1-2H3,(H,53,57)/b26-25+,30-29+,35-34+. The number of carbonyl (C=O) groups excluding carboxylic acids is 1. The van der Waals surface area contributed by atoms with Gasteiger partial charge in [-0.2, -0.15) is 0 Å². The van der Waals surface area contributed by atoms with E-state index in [0.29, 0.717) is 12.8 Å². The molecule has 1 amide bonds. The average molecular weight is 942 g/mol. The molecule has 0 spiro atoms. The Bertz CT molecular complexity index is 1250. The second kappa shape index (κ2) is 39.0. The van der Waals surface area contributed by atoms with E-state index in [2.05, 4.69) is 36.5 Å². The molecule has 2 fully saturated rings. The van der Waals surface area contributed by atoms with Crippen molar-refractivity contribution in [3.05, 3.63) is 36.5 Å². The molecule has 14 heteroatoms. The quantitative estimate of drug-likeness (QED) is 0.0221. The number of hydrogen-bond acceptors (Lipinski definition) is 13. The maximum absolute atomic E-state index is 12.8. The summed E-state index contributed by atoms with van der Waals surface area (Å²) in [4.78, 5) is 12.8. The van der Waals surface area contributed by atoms with Crippen LogP contribution in [0, 0.1) is 0 Å². The van der Waals surface area contributed by atoms with Crippen LogP contribution < -0.4 is 5.32 Å². The minimum atomic E-state index is -1.79. The van der Waals surface area contributed by atoms with Crippen LogP contribution >= 0.6 is 0 Å². The SMILES string of the molecule is CCCCCCCCCCCCCCCCCCCCC/C=C/CC/C=C/CC/C=C/C(O)C(COC1OC(CO)C(OC2OC(CO)C(O)C(O)C2O)C(O)C1O)NC(=O)CCCCC. The van der Waals surface area contributed by atoms with E-state index in [0.717, 1.165) is 38.5 Å². The third kappa shape index (κ3) is 25.7. The van der Waals surface area contributed by atoms with Crippen molar-refractivity contribution in [1.29, 1.82) is 0 Å². The third-order valence-corrected chi connectivity index (χ3v) is 12.8. The average Bonchev–Trinajstić information content (AvgIpc) is 3.31. The number of carbonyl (C=O) groups is 1. The number of nitrogens with one attached hydrogen (secondary N) is 1. The summed E-state index contributed by atoms with van der Waals surface area (Å²) in [6, 6.07) is -0.930. The van der Waals surface area contributed by atoms with E-state index in [9.17, 15) is 45.6 Å². The molecule has 0 saturated carbocycles. The van der Waals surface area contributed by atoms with Crippen molar-refractivity contribution in [2.75, 3.05) is 19.8 Å². The normalized spacial score (nSPS) is 27.1. The van der Waals surface area contributed by atoms with Gasteiger partial charge in [0.2, 0.25) is 5.91 Å². The van der Waals surface area contributed by atoms with E-state index in [1.54, 1.807) is 6.08 Å². The lowest BCUT2D eigenvalue weighted by molar-refractivity contribution is -0.359. The van der Waals surface area contributed by atoms with Crippen LogP contribution in [-0.2, 0) is 23.7 Å². The van der Waals surface area contributed by atoms with Crippen LogP contribution in [0.1, 0.15) is 194 Å². The Kier molecular flexibility index (Phi) is 35.6. The fourth-order valence-electron chi connectivity index (χ4n) is 8.50. The second-order valence-electron chi connectivity index (χ2n) is 18.6. The second-order valence-corrected chi connectivity index (χ2v) is 18.6. The van der Waals surface area contributed by atoms with E-state index >= 15 is 0 Å². The van der Waals surface area contributed by atoms with Crippen molar-refractivity contribution < 1.29 is 64.6 Å². The van der Waals surface area contributed by atoms with Gasteiger partial charge in [-0.3, -0.25) is 4.79 Å². The van der Waals surface area contributed by atoms with Crippen molar-refractivity contribution in [1.82, 2.24) is 5.32 Å². The summed E-state index contributed by atoms with van der Waals surface area (Å²) < 4.78 is 22.5. The van der Waals surface area contributed by atoms with E-state index in [1.165, 1.54) is 122 Å². The number of aliphatic hydroxyl groups excluding tert-OH is 8. The number of allylic oxidation sites excluding steroid dienone is 5. The Morgan fingerprint density at radius 3 is 1.48 bits per heavy atom. The van der Waals surface area contributed by atoms with Gasteiger partial charge in [0.25, 0.3) is 0 Å². The molecule has 12 atom stereocenters. The first-order chi connectivity index (χ1) is 32.1. The molecule has 2 saturated heterocycles. The first kappa shape index (κ1) is 60.3. The van der Waals surface area contributed by atoms with Gasteiger partial charge in [0.15, 0.2) is 12.6 Å². The zero-order chi connectivity index (χ0) is 48.2. The van der Waals surface area contributed by atoms with E-state index in [4.69, 9.17) is 18.9 Å². The minimum absolute atomic E-state index is 0.255. The molecular weight excluding hydrogens is 847 g/mol. The summed E-state index contributed by atoms with van der Waals surface area (Å²) >= 11 is 0. The Labute approximate surface area is 398 Å². The summed E-state index contributed by atoms with van der Waals surface area (Å²) in [6.07, 6.45) is 29.0. The smallest absolute Gasteiger partial charge is 0.220 e. The van der Waals surface area contributed by atoms with Gasteiger partial charge < -0.3 is 65.1 Å². The maximum atomic E-state index is 12.8. The molecule has 0 bridgehead atoms.